The lowest BCUT2D eigenvalue weighted by atomic mass is 10.0. The molecule has 0 aliphatic carbocycles. The van der Waals surface area contributed by atoms with E-state index >= 15 is 0 Å². The van der Waals surface area contributed by atoms with Gasteiger partial charge in [0.15, 0.2) is 0 Å². The summed E-state index contributed by atoms with van der Waals surface area (Å²) in [7, 11) is -3.76. The number of sulfonamides is 1. The lowest BCUT2D eigenvalue weighted by Crippen LogP contribution is -2.12. The van der Waals surface area contributed by atoms with Gasteiger partial charge < -0.3 is 0 Å². The highest BCUT2D eigenvalue weighted by Crippen LogP contribution is 2.38. The number of azo groups is 1. The molecule has 6 rings (SSSR count). The van der Waals surface area contributed by atoms with Crippen LogP contribution in [0.25, 0.3) is 21.7 Å². The molecule has 0 saturated carbocycles. The maximum Gasteiger partial charge on any atom is 0.263 e. The molecule has 0 atom stereocenters. The average Bonchev–Trinajstić information content (AvgIpc) is 3.36. The molecule has 8 nitrogen and oxygen atoms in total. The summed E-state index contributed by atoms with van der Waals surface area (Å²) in [6, 6.07) is 28.7. The fourth-order valence-corrected chi connectivity index (χ4v) is 7.10. The molecule has 0 radical (unpaired) electrons. The van der Waals surface area contributed by atoms with E-state index in [9.17, 15) is 8.42 Å². The molecule has 0 fully saturated rings. The Morgan fingerprint density at radius 1 is 0.825 bits per heavy atom. The predicted molar refractivity (Wildman–Crippen MR) is 161 cm³/mol. The molecule has 0 amide bonds. The van der Waals surface area contributed by atoms with E-state index in [2.05, 4.69) is 61.5 Å². The van der Waals surface area contributed by atoms with Crippen molar-refractivity contribution in [2.24, 2.45) is 10.2 Å². The van der Waals surface area contributed by atoms with E-state index in [1.165, 1.54) is 34.2 Å². The van der Waals surface area contributed by atoms with Crippen molar-refractivity contribution in [1.82, 2.24) is 15.2 Å². The van der Waals surface area contributed by atoms with Crippen molar-refractivity contribution < 1.29 is 8.42 Å². The van der Waals surface area contributed by atoms with E-state index in [-0.39, 0.29) is 10.0 Å². The Labute approximate surface area is 239 Å². The number of aromatic nitrogens is 3. The Hall–Kier alpha value is -4.19. The number of fused-ring (bicyclic) bond motifs is 3. The van der Waals surface area contributed by atoms with Crippen LogP contribution in [0, 0.1) is 13.8 Å². The minimum absolute atomic E-state index is 0.104. The van der Waals surface area contributed by atoms with Crippen molar-refractivity contribution in [3.63, 3.8) is 0 Å². The number of hydrogen-bond acceptors (Lipinski definition) is 9. The maximum absolute atomic E-state index is 12.6. The van der Waals surface area contributed by atoms with Crippen LogP contribution in [0.15, 0.2) is 116 Å². The van der Waals surface area contributed by atoms with E-state index in [1.54, 1.807) is 30.8 Å². The van der Waals surface area contributed by atoms with Gasteiger partial charge >= 0.3 is 0 Å². The lowest BCUT2D eigenvalue weighted by Gasteiger charge is -2.11. The third kappa shape index (κ3) is 5.57. The topological polar surface area (TPSA) is 110 Å². The van der Waals surface area contributed by atoms with Crippen LogP contribution in [-0.4, -0.2) is 23.6 Å². The van der Waals surface area contributed by atoms with Crippen molar-refractivity contribution in [3.8, 4) is 0 Å². The van der Waals surface area contributed by atoms with Gasteiger partial charge in [0, 0.05) is 20.9 Å². The molecule has 1 N–H and O–H groups in total. The van der Waals surface area contributed by atoms with Gasteiger partial charge in [-0.25, -0.2) is 8.42 Å². The number of rotatable bonds is 7. The number of nitrogens with one attached hydrogen (secondary N) is 1. The second-order valence-electron chi connectivity index (χ2n) is 8.96. The molecule has 2 heterocycles. The predicted octanol–water partition coefficient (Wildman–Crippen LogP) is 8.22. The Balaban J connectivity index is 1.18. The Morgan fingerprint density at radius 2 is 1.52 bits per heavy atom. The standard InChI is InChI=1S/C29H22N6O2S3/c1-18-17-27(28-25-6-4-3-5-20(25)7-16-26(28)30-18)39-23-12-8-21(9-13-23)32-33-22-10-14-24(15-11-22)40(36,37)35-29-34-31-19(2)38-29/h3-17H,1-2H3,(H,34,35). The molecule has 4 aromatic carbocycles. The molecule has 40 heavy (non-hydrogen) atoms. The van der Waals surface area contributed by atoms with Crippen molar-refractivity contribution in [3.05, 3.63) is 102 Å². The number of hydrogen-bond donors (Lipinski definition) is 1. The summed E-state index contributed by atoms with van der Waals surface area (Å²) in [6.07, 6.45) is 0. The molecule has 0 spiro atoms. The van der Waals surface area contributed by atoms with Gasteiger partial charge in [-0.05, 0) is 85.3 Å². The average molecular weight is 583 g/mol. The maximum atomic E-state index is 12.6. The summed E-state index contributed by atoms with van der Waals surface area (Å²) in [5, 5.41) is 20.6. The third-order valence-electron chi connectivity index (χ3n) is 6.03. The van der Waals surface area contributed by atoms with Crippen molar-refractivity contribution in [2.75, 3.05) is 4.72 Å². The minimum Gasteiger partial charge on any atom is -0.253 e. The van der Waals surface area contributed by atoms with Crippen LogP contribution in [0.3, 0.4) is 0 Å². The van der Waals surface area contributed by atoms with Crippen LogP contribution >= 0.6 is 23.1 Å². The molecule has 0 bridgehead atoms. The summed E-state index contributed by atoms with van der Waals surface area (Å²) in [6.45, 7) is 3.77. The van der Waals surface area contributed by atoms with Gasteiger partial charge in [-0.2, -0.15) is 10.2 Å². The van der Waals surface area contributed by atoms with E-state index in [0.717, 1.165) is 26.4 Å². The molecule has 2 aromatic heterocycles. The molecular formula is C29H22N6O2S3. The largest absolute Gasteiger partial charge is 0.263 e. The normalized spacial score (nSPS) is 11.9. The number of benzene rings is 4. The van der Waals surface area contributed by atoms with E-state index in [4.69, 9.17) is 4.98 Å². The Morgan fingerprint density at radius 3 is 2.23 bits per heavy atom. The second kappa shape index (κ2) is 10.8. The summed E-state index contributed by atoms with van der Waals surface area (Å²) >= 11 is 2.86. The number of nitrogens with zero attached hydrogens (tertiary/aromatic N) is 5. The van der Waals surface area contributed by atoms with Crippen LogP contribution in [0.4, 0.5) is 16.5 Å². The molecule has 11 heteroatoms. The number of anilines is 1. The van der Waals surface area contributed by atoms with Crippen LogP contribution in [-0.2, 0) is 10.0 Å². The van der Waals surface area contributed by atoms with Gasteiger partial charge in [0.1, 0.15) is 5.01 Å². The zero-order valence-electron chi connectivity index (χ0n) is 21.4. The third-order valence-corrected chi connectivity index (χ3v) is 9.32. The van der Waals surface area contributed by atoms with Gasteiger partial charge in [0.05, 0.1) is 21.8 Å². The van der Waals surface area contributed by atoms with Crippen molar-refractivity contribution in [1.29, 1.82) is 0 Å². The summed E-state index contributed by atoms with van der Waals surface area (Å²) < 4.78 is 27.6. The molecule has 0 aliphatic heterocycles. The molecule has 0 saturated heterocycles. The van der Waals surface area contributed by atoms with Gasteiger partial charge in [0.2, 0.25) is 5.13 Å². The van der Waals surface area contributed by atoms with E-state index < -0.39 is 10.0 Å². The van der Waals surface area contributed by atoms with Crippen molar-refractivity contribution in [2.45, 2.75) is 28.5 Å². The first-order valence-electron chi connectivity index (χ1n) is 12.3. The van der Waals surface area contributed by atoms with Crippen LogP contribution in [0.2, 0.25) is 0 Å². The monoisotopic (exact) mass is 582 g/mol. The van der Waals surface area contributed by atoms with Gasteiger partial charge in [-0.1, -0.05) is 53.4 Å². The lowest BCUT2D eigenvalue weighted by molar-refractivity contribution is 0.601. The first-order valence-corrected chi connectivity index (χ1v) is 15.4. The second-order valence-corrected chi connectivity index (χ2v) is 12.9. The highest BCUT2D eigenvalue weighted by atomic mass is 32.2. The van der Waals surface area contributed by atoms with E-state index in [0.29, 0.717) is 16.4 Å². The highest BCUT2D eigenvalue weighted by Gasteiger charge is 2.16. The highest BCUT2D eigenvalue weighted by molar-refractivity contribution is 7.99. The SMILES string of the molecule is Cc1cc(Sc2ccc(N=Nc3ccc(S(=O)(=O)Nc4nnc(C)s4)cc3)cc2)c2c(ccc3ccccc32)n1. The molecule has 0 unspecified atom stereocenters. The molecular weight excluding hydrogens is 561 g/mol. The number of aryl methyl sites for hydroxylation is 2. The minimum atomic E-state index is -3.76. The fourth-order valence-electron chi connectivity index (χ4n) is 4.20. The zero-order chi connectivity index (χ0) is 27.7. The molecule has 6 aromatic rings. The Kier molecular flexibility index (Phi) is 7.01. The molecule has 0 aliphatic rings. The summed E-state index contributed by atoms with van der Waals surface area (Å²) in [5.74, 6) is 0. The smallest absolute Gasteiger partial charge is 0.253 e. The van der Waals surface area contributed by atoms with Crippen LogP contribution in [0.5, 0.6) is 0 Å². The van der Waals surface area contributed by atoms with Gasteiger partial charge in [-0.15, -0.1) is 10.2 Å². The first-order chi connectivity index (χ1) is 19.3. The molecule has 198 valence electrons. The van der Waals surface area contributed by atoms with Crippen LogP contribution < -0.4 is 4.72 Å². The first kappa shape index (κ1) is 26.1. The van der Waals surface area contributed by atoms with E-state index in [1.807, 2.05) is 37.3 Å². The zero-order valence-corrected chi connectivity index (χ0v) is 23.9. The van der Waals surface area contributed by atoms with Crippen LogP contribution in [0.1, 0.15) is 10.7 Å². The summed E-state index contributed by atoms with van der Waals surface area (Å²) in [5.41, 5.74) is 3.18. The van der Waals surface area contributed by atoms with Crippen molar-refractivity contribution >= 4 is 71.3 Å². The van der Waals surface area contributed by atoms with Gasteiger partial charge in [0.25, 0.3) is 10.0 Å². The fraction of sp³-hybridized carbons (Fsp3) is 0.0690. The van der Waals surface area contributed by atoms with Gasteiger partial charge in [-0.3, -0.25) is 9.71 Å². The summed E-state index contributed by atoms with van der Waals surface area (Å²) in [4.78, 5) is 7.08. The quantitative estimate of drug-likeness (QED) is 0.150. The Bertz CT molecular complexity index is 1990. The number of pyridine rings is 1.